The number of para-hydroxylation sites is 3. The van der Waals surface area contributed by atoms with E-state index in [-0.39, 0.29) is 5.84 Å². The van der Waals surface area contributed by atoms with Gasteiger partial charge < -0.3 is 8.98 Å². The van der Waals surface area contributed by atoms with E-state index in [9.17, 15) is 0 Å². The third-order valence-corrected chi connectivity index (χ3v) is 12.0. The number of hydrogen-bond acceptors (Lipinski definition) is 3. The second-order valence-corrected chi connectivity index (χ2v) is 15.2. The van der Waals surface area contributed by atoms with Crippen molar-refractivity contribution in [3.05, 3.63) is 199 Å². The molecule has 8 aromatic carbocycles. The van der Waals surface area contributed by atoms with Crippen molar-refractivity contribution in [2.75, 3.05) is 0 Å². The first kappa shape index (κ1) is 33.0. The Morgan fingerprint density at radius 3 is 2.05 bits per heavy atom. The van der Waals surface area contributed by atoms with Crippen molar-refractivity contribution in [1.82, 2.24) is 4.57 Å². The first-order valence-electron chi connectivity index (χ1n) is 18.9. The van der Waals surface area contributed by atoms with Gasteiger partial charge in [-0.3, -0.25) is 5.41 Å². The molecule has 0 atom stereocenters. The van der Waals surface area contributed by atoms with Gasteiger partial charge in [0.25, 0.3) is 0 Å². The van der Waals surface area contributed by atoms with Gasteiger partial charge in [-0.2, -0.15) is 0 Å². The number of benzene rings is 8. The van der Waals surface area contributed by atoms with E-state index in [1.54, 1.807) is 6.21 Å². The number of thiophene rings is 1. The Labute approximate surface area is 331 Å². The topological polar surface area (TPSA) is 66.6 Å². The Bertz CT molecular complexity index is 3370. The van der Waals surface area contributed by atoms with Gasteiger partial charge in [0.2, 0.25) is 0 Å². The van der Waals surface area contributed by atoms with E-state index in [0.717, 1.165) is 38.7 Å². The van der Waals surface area contributed by atoms with Gasteiger partial charge in [-0.25, -0.2) is 9.98 Å². The summed E-state index contributed by atoms with van der Waals surface area (Å²) in [6, 6.07) is 62.8. The third-order valence-electron chi connectivity index (χ3n) is 10.8. The fourth-order valence-electron chi connectivity index (χ4n) is 8.10. The van der Waals surface area contributed by atoms with Gasteiger partial charge in [-0.05, 0) is 65.2 Å². The molecular formula is C51H32N4OS. The second kappa shape index (κ2) is 13.4. The Hall–Kier alpha value is -7.41. The van der Waals surface area contributed by atoms with Gasteiger partial charge >= 0.3 is 0 Å². The average Bonchev–Trinajstić information content (AvgIpc) is 3.95. The highest BCUT2D eigenvalue weighted by Crippen LogP contribution is 2.43. The van der Waals surface area contributed by atoms with Gasteiger partial charge in [0, 0.05) is 59.2 Å². The number of aliphatic imine (C=N–C) groups is 2. The van der Waals surface area contributed by atoms with E-state index in [0.29, 0.717) is 17.0 Å². The van der Waals surface area contributed by atoms with Crippen LogP contribution in [-0.4, -0.2) is 22.5 Å². The number of nitrogens with one attached hydrogen (secondary N) is 1. The molecule has 3 aromatic heterocycles. The van der Waals surface area contributed by atoms with E-state index in [2.05, 4.69) is 114 Å². The summed E-state index contributed by atoms with van der Waals surface area (Å²) in [7, 11) is 0. The van der Waals surface area contributed by atoms with E-state index in [1.807, 2.05) is 84.1 Å². The summed E-state index contributed by atoms with van der Waals surface area (Å²) in [6.07, 6.45) is 1.79. The maximum atomic E-state index is 8.86. The highest BCUT2D eigenvalue weighted by molar-refractivity contribution is 7.26. The summed E-state index contributed by atoms with van der Waals surface area (Å²) in [4.78, 5) is 9.61. The molecule has 11 aromatic rings. The standard InChI is InChI=1S/C51H32N4OS/c52-50(33-15-5-2-6-16-33)54-51(53-31-32-13-3-1-4-14-32)41-22-12-20-39-42-29-34(25-27-46(42)56-48(39)41)36-19-11-21-40-43-30-35(26-28-47(43)57-49(36)40)55-44-23-9-7-17-37(44)38-18-8-10-24-45(38)55/h1-31,52H/b52-50?,53-31+,54-51-. The molecule has 0 fully saturated rings. The van der Waals surface area contributed by atoms with Crippen LogP contribution in [0.1, 0.15) is 16.7 Å². The number of aromatic nitrogens is 1. The lowest BCUT2D eigenvalue weighted by molar-refractivity contribution is 0.668. The molecule has 0 radical (unpaired) electrons. The molecule has 3 heterocycles. The molecule has 268 valence electrons. The molecule has 0 aliphatic rings. The van der Waals surface area contributed by atoms with E-state index in [1.165, 1.54) is 47.5 Å². The Morgan fingerprint density at radius 1 is 0.579 bits per heavy atom. The molecule has 0 aliphatic heterocycles. The minimum Gasteiger partial charge on any atom is -0.455 e. The van der Waals surface area contributed by atoms with Crippen molar-refractivity contribution in [2.24, 2.45) is 9.98 Å². The first-order chi connectivity index (χ1) is 28.2. The molecule has 1 N–H and O–H groups in total. The molecule has 6 heteroatoms. The predicted molar refractivity (Wildman–Crippen MR) is 240 cm³/mol. The highest BCUT2D eigenvalue weighted by atomic mass is 32.1. The molecule has 5 nitrogen and oxygen atoms in total. The fraction of sp³-hybridized carbons (Fsp3) is 0. The maximum Gasteiger partial charge on any atom is 0.165 e. The summed E-state index contributed by atoms with van der Waals surface area (Å²) < 4.78 is 11.5. The van der Waals surface area contributed by atoms with Crippen LogP contribution in [0.25, 0.3) is 80.7 Å². The van der Waals surface area contributed by atoms with Gasteiger partial charge in [-0.1, -0.05) is 133 Å². The third kappa shape index (κ3) is 5.57. The number of amidine groups is 2. The Kier molecular flexibility index (Phi) is 7.76. The van der Waals surface area contributed by atoms with E-state index in [4.69, 9.17) is 19.8 Å². The van der Waals surface area contributed by atoms with E-state index >= 15 is 0 Å². The predicted octanol–water partition coefficient (Wildman–Crippen LogP) is 13.6. The zero-order valence-electron chi connectivity index (χ0n) is 30.6. The highest BCUT2D eigenvalue weighted by Gasteiger charge is 2.19. The van der Waals surface area contributed by atoms with Crippen molar-refractivity contribution in [3.63, 3.8) is 0 Å². The fourth-order valence-corrected chi connectivity index (χ4v) is 9.31. The largest absolute Gasteiger partial charge is 0.455 e. The van der Waals surface area contributed by atoms with Crippen LogP contribution in [0.4, 0.5) is 0 Å². The van der Waals surface area contributed by atoms with Crippen molar-refractivity contribution >= 4 is 93.1 Å². The summed E-state index contributed by atoms with van der Waals surface area (Å²) in [5.74, 6) is 0.540. The second-order valence-electron chi connectivity index (χ2n) is 14.1. The molecule has 0 bridgehead atoms. The molecular weight excluding hydrogens is 717 g/mol. The molecule has 11 rings (SSSR count). The zero-order valence-corrected chi connectivity index (χ0v) is 31.4. The van der Waals surface area contributed by atoms with Crippen LogP contribution >= 0.6 is 11.3 Å². The lowest BCUT2D eigenvalue weighted by Crippen LogP contribution is -2.05. The first-order valence-corrected chi connectivity index (χ1v) is 19.7. The Morgan fingerprint density at radius 2 is 1.26 bits per heavy atom. The lowest BCUT2D eigenvalue weighted by Gasteiger charge is -2.08. The van der Waals surface area contributed by atoms with Crippen LogP contribution < -0.4 is 0 Å². The molecule has 0 unspecified atom stereocenters. The summed E-state index contributed by atoms with van der Waals surface area (Å²) in [5.41, 5.74) is 9.72. The minimum atomic E-state index is 0.129. The molecule has 0 amide bonds. The van der Waals surface area contributed by atoms with Crippen molar-refractivity contribution in [1.29, 1.82) is 5.41 Å². The van der Waals surface area contributed by atoms with Crippen LogP contribution in [-0.2, 0) is 0 Å². The van der Waals surface area contributed by atoms with Crippen LogP contribution in [0.3, 0.4) is 0 Å². The number of nitrogens with zero attached hydrogens (tertiary/aromatic N) is 3. The van der Waals surface area contributed by atoms with Crippen LogP contribution in [0, 0.1) is 5.41 Å². The molecule has 57 heavy (non-hydrogen) atoms. The van der Waals surface area contributed by atoms with Gasteiger partial charge in [0.15, 0.2) is 11.7 Å². The summed E-state index contributed by atoms with van der Waals surface area (Å²) in [6.45, 7) is 0. The molecule has 0 spiro atoms. The van der Waals surface area contributed by atoms with Gasteiger partial charge in [-0.15, -0.1) is 11.3 Å². The monoisotopic (exact) mass is 748 g/mol. The number of rotatable bonds is 5. The van der Waals surface area contributed by atoms with Crippen molar-refractivity contribution in [3.8, 4) is 16.8 Å². The van der Waals surface area contributed by atoms with Crippen LogP contribution in [0.2, 0.25) is 0 Å². The van der Waals surface area contributed by atoms with Crippen molar-refractivity contribution < 1.29 is 4.42 Å². The lowest BCUT2D eigenvalue weighted by atomic mass is 10.00. The summed E-state index contributed by atoms with van der Waals surface area (Å²) in [5, 5.41) is 15.9. The number of hydrogen-bond donors (Lipinski definition) is 1. The molecule has 0 saturated carbocycles. The molecule has 0 aliphatic carbocycles. The van der Waals surface area contributed by atoms with Crippen LogP contribution in [0.5, 0.6) is 0 Å². The smallest absolute Gasteiger partial charge is 0.165 e. The normalized spacial score (nSPS) is 12.3. The average molecular weight is 749 g/mol. The Balaban J connectivity index is 1.03. The number of fused-ring (bicyclic) bond motifs is 9. The van der Waals surface area contributed by atoms with Gasteiger partial charge in [0.1, 0.15) is 11.2 Å². The van der Waals surface area contributed by atoms with E-state index < -0.39 is 0 Å². The number of furan rings is 1. The summed E-state index contributed by atoms with van der Waals surface area (Å²) >= 11 is 1.84. The zero-order chi connectivity index (χ0) is 37.9. The maximum absolute atomic E-state index is 8.86. The minimum absolute atomic E-state index is 0.129. The van der Waals surface area contributed by atoms with Gasteiger partial charge in [0.05, 0.1) is 16.6 Å². The quantitative estimate of drug-likeness (QED) is 0.138. The SMILES string of the molecule is N=C(/N=C(\N=C\c1ccccc1)c1cccc2c1oc1ccc(-c3cccc4c3sc3ccc(-n5c6ccccc6c6ccccc65)cc34)cc12)c1ccccc1. The molecule has 0 saturated heterocycles. The van der Waals surface area contributed by atoms with Crippen molar-refractivity contribution in [2.45, 2.75) is 0 Å². The van der Waals surface area contributed by atoms with Crippen LogP contribution in [0.15, 0.2) is 196 Å².